The standard InChI is InChI=1S/C16H16Cl2N4O2S/c1-9-5-10(2)22-15(19-9)20-21-16(22)25-8-12(23)7-24-14-6-11(17)3-4-13(14)18/h3-6,12,23H,7-8H2,1-2H3/t12-/m1/s1. The summed E-state index contributed by atoms with van der Waals surface area (Å²) in [5.74, 6) is 1.39. The normalized spacial score (nSPS) is 12.5. The number of thioether (sulfide) groups is 1. The topological polar surface area (TPSA) is 72.5 Å². The monoisotopic (exact) mass is 398 g/mol. The number of aromatic nitrogens is 4. The lowest BCUT2D eigenvalue weighted by Crippen LogP contribution is -2.20. The molecule has 0 amide bonds. The van der Waals surface area contributed by atoms with Crippen LogP contribution in [0.25, 0.3) is 5.78 Å². The molecule has 0 aliphatic heterocycles. The molecular formula is C16H16Cl2N4O2S. The molecule has 0 radical (unpaired) electrons. The molecule has 6 nitrogen and oxygen atoms in total. The second-order valence-corrected chi connectivity index (χ2v) is 7.34. The average Bonchev–Trinajstić information content (AvgIpc) is 2.97. The number of aliphatic hydroxyl groups is 1. The van der Waals surface area contributed by atoms with E-state index in [0.29, 0.717) is 32.5 Å². The van der Waals surface area contributed by atoms with Gasteiger partial charge in [0.2, 0.25) is 0 Å². The Balaban J connectivity index is 1.61. The maximum absolute atomic E-state index is 10.2. The van der Waals surface area contributed by atoms with Crippen molar-refractivity contribution >= 4 is 40.7 Å². The molecule has 2 aromatic heterocycles. The molecule has 1 atom stereocenters. The zero-order valence-electron chi connectivity index (χ0n) is 13.6. The van der Waals surface area contributed by atoms with E-state index in [0.717, 1.165) is 11.4 Å². The first-order chi connectivity index (χ1) is 11.9. The van der Waals surface area contributed by atoms with Crippen molar-refractivity contribution in [3.63, 3.8) is 0 Å². The molecule has 1 N–H and O–H groups in total. The number of aliphatic hydroxyl groups excluding tert-OH is 1. The number of aryl methyl sites for hydroxylation is 2. The molecule has 132 valence electrons. The second-order valence-electron chi connectivity index (χ2n) is 5.51. The van der Waals surface area contributed by atoms with Crippen molar-refractivity contribution in [1.29, 1.82) is 0 Å². The molecular weight excluding hydrogens is 383 g/mol. The van der Waals surface area contributed by atoms with Gasteiger partial charge in [-0.25, -0.2) is 4.98 Å². The van der Waals surface area contributed by atoms with Crippen molar-refractivity contribution in [3.8, 4) is 5.75 Å². The van der Waals surface area contributed by atoms with E-state index in [9.17, 15) is 5.11 Å². The highest BCUT2D eigenvalue weighted by Gasteiger charge is 2.14. The number of nitrogens with zero attached hydrogens (tertiary/aromatic N) is 4. The highest BCUT2D eigenvalue weighted by Crippen LogP contribution is 2.28. The summed E-state index contributed by atoms with van der Waals surface area (Å²) in [6.45, 7) is 3.98. The van der Waals surface area contributed by atoms with Crippen molar-refractivity contribution in [1.82, 2.24) is 19.6 Å². The van der Waals surface area contributed by atoms with E-state index in [1.807, 2.05) is 24.3 Å². The van der Waals surface area contributed by atoms with Crippen molar-refractivity contribution in [2.45, 2.75) is 25.1 Å². The van der Waals surface area contributed by atoms with E-state index in [-0.39, 0.29) is 6.61 Å². The Hall–Kier alpha value is -1.54. The van der Waals surface area contributed by atoms with Crippen LogP contribution in [0, 0.1) is 13.8 Å². The van der Waals surface area contributed by atoms with Crippen LogP contribution in [0.4, 0.5) is 0 Å². The minimum Gasteiger partial charge on any atom is -0.489 e. The van der Waals surface area contributed by atoms with Crippen LogP contribution < -0.4 is 4.74 Å². The Morgan fingerprint density at radius 3 is 2.84 bits per heavy atom. The van der Waals surface area contributed by atoms with Crippen LogP contribution in [-0.4, -0.2) is 43.2 Å². The summed E-state index contributed by atoms with van der Waals surface area (Å²) in [7, 11) is 0. The molecule has 0 spiro atoms. The quantitative estimate of drug-likeness (QED) is 0.639. The third-order valence-electron chi connectivity index (χ3n) is 3.39. The first kappa shape index (κ1) is 18.3. The Bertz CT molecular complexity index is 903. The largest absolute Gasteiger partial charge is 0.489 e. The first-order valence-electron chi connectivity index (χ1n) is 7.52. The third kappa shape index (κ3) is 4.36. The van der Waals surface area contributed by atoms with Gasteiger partial charge in [-0.3, -0.25) is 4.40 Å². The van der Waals surface area contributed by atoms with Crippen LogP contribution in [0.2, 0.25) is 10.0 Å². The Morgan fingerprint density at radius 1 is 1.24 bits per heavy atom. The fourth-order valence-corrected chi connectivity index (χ4v) is 3.51. The smallest absolute Gasteiger partial charge is 0.256 e. The number of hydrogen-bond donors (Lipinski definition) is 1. The van der Waals surface area contributed by atoms with Gasteiger partial charge in [0.1, 0.15) is 12.4 Å². The highest BCUT2D eigenvalue weighted by molar-refractivity contribution is 7.99. The molecule has 3 aromatic rings. The van der Waals surface area contributed by atoms with Crippen LogP contribution in [0.1, 0.15) is 11.4 Å². The number of benzene rings is 1. The first-order valence-corrected chi connectivity index (χ1v) is 9.26. The van der Waals surface area contributed by atoms with E-state index in [1.54, 1.807) is 18.2 Å². The molecule has 2 heterocycles. The van der Waals surface area contributed by atoms with Gasteiger partial charge in [-0.05, 0) is 32.0 Å². The predicted molar refractivity (Wildman–Crippen MR) is 98.9 cm³/mol. The van der Waals surface area contributed by atoms with Crippen molar-refractivity contribution in [3.05, 3.63) is 45.7 Å². The van der Waals surface area contributed by atoms with Gasteiger partial charge in [-0.1, -0.05) is 35.0 Å². The number of halogens is 2. The summed E-state index contributed by atoms with van der Waals surface area (Å²) in [6.07, 6.45) is -0.703. The van der Waals surface area contributed by atoms with Gasteiger partial charge in [0.15, 0.2) is 5.16 Å². The third-order valence-corrected chi connectivity index (χ3v) is 5.01. The van der Waals surface area contributed by atoms with Gasteiger partial charge in [0.25, 0.3) is 5.78 Å². The van der Waals surface area contributed by atoms with Crippen LogP contribution in [0.5, 0.6) is 5.75 Å². The number of ether oxygens (including phenoxy) is 1. The lowest BCUT2D eigenvalue weighted by atomic mass is 10.3. The van der Waals surface area contributed by atoms with Crippen LogP contribution >= 0.6 is 35.0 Å². The Kier molecular flexibility index (Phi) is 5.68. The van der Waals surface area contributed by atoms with Gasteiger partial charge in [0.05, 0.1) is 11.1 Å². The molecule has 0 bridgehead atoms. The van der Waals surface area contributed by atoms with Crippen LogP contribution in [0.3, 0.4) is 0 Å². The molecule has 0 saturated carbocycles. The highest BCUT2D eigenvalue weighted by atomic mass is 35.5. The minimum atomic E-state index is -0.703. The average molecular weight is 399 g/mol. The zero-order chi connectivity index (χ0) is 18.0. The fourth-order valence-electron chi connectivity index (χ4n) is 2.29. The molecule has 1 aromatic carbocycles. The summed E-state index contributed by atoms with van der Waals surface area (Å²) in [6, 6.07) is 6.91. The Morgan fingerprint density at radius 2 is 2.04 bits per heavy atom. The van der Waals surface area contributed by atoms with Crippen molar-refractivity contribution < 1.29 is 9.84 Å². The van der Waals surface area contributed by atoms with E-state index in [4.69, 9.17) is 27.9 Å². The van der Waals surface area contributed by atoms with E-state index in [2.05, 4.69) is 15.2 Å². The van der Waals surface area contributed by atoms with E-state index >= 15 is 0 Å². The SMILES string of the molecule is Cc1cc(C)n2c(SC[C@H](O)COc3cc(Cl)ccc3Cl)nnc2n1. The number of hydrogen-bond acceptors (Lipinski definition) is 6. The molecule has 0 aliphatic carbocycles. The van der Waals surface area contributed by atoms with Crippen LogP contribution in [-0.2, 0) is 0 Å². The minimum absolute atomic E-state index is 0.0974. The molecule has 0 saturated heterocycles. The second kappa shape index (κ2) is 7.78. The molecule has 0 fully saturated rings. The van der Waals surface area contributed by atoms with Gasteiger partial charge in [-0.15, -0.1) is 10.2 Å². The molecule has 3 rings (SSSR count). The van der Waals surface area contributed by atoms with Crippen LogP contribution in [0.15, 0.2) is 29.4 Å². The maximum Gasteiger partial charge on any atom is 0.256 e. The number of fused-ring (bicyclic) bond motifs is 1. The van der Waals surface area contributed by atoms with E-state index in [1.165, 1.54) is 11.8 Å². The summed E-state index contributed by atoms with van der Waals surface area (Å²) >= 11 is 13.3. The van der Waals surface area contributed by atoms with Crippen molar-refractivity contribution in [2.75, 3.05) is 12.4 Å². The lowest BCUT2D eigenvalue weighted by molar-refractivity contribution is 0.126. The van der Waals surface area contributed by atoms with E-state index < -0.39 is 6.10 Å². The Labute approximate surface area is 159 Å². The maximum atomic E-state index is 10.2. The lowest BCUT2D eigenvalue weighted by Gasteiger charge is -2.13. The summed E-state index contributed by atoms with van der Waals surface area (Å²) in [4.78, 5) is 4.34. The molecule has 25 heavy (non-hydrogen) atoms. The van der Waals surface area contributed by atoms with Gasteiger partial charge in [-0.2, -0.15) is 0 Å². The summed E-state index contributed by atoms with van der Waals surface area (Å²) < 4.78 is 7.40. The molecule has 9 heteroatoms. The van der Waals surface area contributed by atoms with Gasteiger partial charge < -0.3 is 9.84 Å². The zero-order valence-corrected chi connectivity index (χ0v) is 15.9. The van der Waals surface area contributed by atoms with Crippen molar-refractivity contribution in [2.24, 2.45) is 0 Å². The fraction of sp³-hybridized carbons (Fsp3) is 0.312. The summed E-state index contributed by atoms with van der Waals surface area (Å²) in [5, 5.41) is 20.0. The van der Waals surface area contributed by atoms with Gasteiger partial charge >= 0.3 is 0 Å². The summed E-state index contributed by atoms with van der Waals surface area (Å²) in [5.41, 5.74) is 1.88. The number of rotatable bonds is 6. The predicted octanol–water partition coefficient (Wildman–Crippen LogP) is 3.58. The van der Waals surface area contributed by atoms with Gasteiger partial charge in [0, 0.05) is 28.2 Å². The molecule has 0 aliphatic rings. The molecule has 0 unspecified atom stereocenters.